The maximum atomic E-state index is 6.18. The van der Waals surface area contributed by atoms with Gasteiger partial charge < -0.3 is 13.9 Å². The average Bonchev–Trinajstić information content (AvgIpc) is 2.74. The lowest BCUT2D eigenvalue weighted by Gasteiger charge is -2.10. The quantitative estimate of drug-likeness (QED) is 0.503. The molecule has 0 aliphatic carbocycles. The SMILES string of the molecule is COc1ccc(-c2c/c(=N\c3ccccn3)c3cc(C)ccc3o2)cc1OC. The highest BCUT2D eigenvalue weighted by atomic mass is 16.5. The molecule has 0 N–H and O–H groups in total. The summed E-state index contributed by atoms with van der Waals surface area (Å²) in [6, 6.07) is 19.3. The lowest BCUT2D eigenvalue weighted by atomic mass is 10.1. The predicted molar refractivity (Wildman–Crippen MR) is 109 cm³/mol. The van der Waals surface area contributed by atoms with E-state index in [9.17, 15) is 0 Å². The molecule has 5 nitrogen and oxygen atoms in total. The fourth-order valence-electron chi connectivity index (χ4n) is 3.05. The number of aryl methyl sites for hydroxylation is 1. The molecule has 0 atom stereocenters. The molecular weight excluding hydrogens is 352 g/mol. The second-order valence-corrected chi connectivity index (χ2v) is 6.37. The van der Waals surface area contributed by atoms with E-state index in [1.165, 1.54) is 0 Å². The van der Waals surface area contributed by atoms with Crippen molar-refractivity contribution >= 4 is 16.8 Å². The summed E-state index contributed by atoms with van der Waals surface area (Å²) in [5.74, 6) is 2.64. The Balaban J connectivity index is 1.96. The molecule has 2 aromatic carbocycles. The second kappa shape index (κ2) is 7.56. The first-order chi connectivity index (χ1) is 13.7. The zero-order valence-electron chi connectivity index (χ0n) is 16.0. The first-order valence-corrected chi connectivity index (χ1v) is 8.90. The number of fused-ring (bicyclic) bond motifs is 1. The van der Waals surface area contributed by atoms with Gasteiger partial charge in [-0.15, -0.1) is 0 Å². The van der Waals surface area contributed by atoms with Crippen LogP contribution in [-0.4, -0.2) is 19.2 Å². The molecule has 0 spiro atoms. The Bertz CT molecular complexity index is 1200. The van der Waals surface area contributed by atoms with Gasteiger partial charge in [-0.1, -0.05) is 17.7 Å². The number of hydrogen-bond donors (Lipinski definition) is 0. The van der Waals surface area contributed by atoms with Crippen LogP contribution in [0.3, 0.4) is 0 Å². The minimum absolute atomic E-state index is 0.641. The van der Waals surface area contributed by atoms with Crippen molar-refractivity contribution in [2.45, 2.75) is 6.92 Å². The monoisotopic (exact) mass is 372 g/mol. The van der Waals surface area contributed by atoms with Crippen LogP contribution >= 0.6 is 0 Å². The highest BCUT2D eigenvalue weighted by Crippen LogP contribution is 2.32. The fraction of sp³-hybridized carbons (Fsp3) is 0.130. The zero-order chi connectivity index (χ0) is 19.5. The van der Waals surface area contributed by atoms with Crippen molar-refractivity contribution in [2.24, 2.45) is 4.99 Å². The first-order valence-electron chi connectivity index (χ1n) is 8.90. The molecule has 0 radical (unpaired) electrons. The van der Waals surface area contributed by atoms with Gasteiger partial charge in [0, 0.05) is 23.2 Å². The molecule has 28 heavy (non-hydrogen) atoms. The zero-order valence-corrected chi connectivity index (χ0v) is 16.0. The van der Waals surface area contributed by atoms with Gasteiger partial charge in [0.1, 0.15) is 11.3 Å². The summed E-state index contributed by atoms with van der Waals surface area (Å²) in [4.78, 5) is 9.07. The molecule has 0 saturated heterocycles. The minimum Gasteiger partial charge on any atom is -0.493 e. The van der Waals surface area contributed by atoms with Crippen LogP contribution in [0.5, 0.6) is 11.5 Å². The standard InChI is InChI=1S/C23H20N2O3/c1-15-7-9-19-17(12-15)18(25-23-6-4-5-11-24-23)14-21(28-19)16-8-10-20(26-2)22(13-16)27-3/h4-14H,1-3H3/b25-18+. The Morgan fingerprint density at radius 2 is 1.75 bits per heavy atom. The third-order valence-electron chi connectivity index (χ3n) is 4.45. The van der Waals surface area contributed by atoms with Crippen LogP contribution in [0.25, 0.3) is 22.3 Å². The van der Waals surface area contributed by atoms with Crippen LogP contribution in [0.2, 0.25) is 0 Å². The summed E-state index contributed by atoms with van der Waals surface area (Å²) in [6.07, 6.45) is 1.73. The molecule has 0 unspecified atom stereocenters. The van der Waals surface area contributed by atoms with Crippen LogP contribution in [0.15, 0.2) is 76.3 Å². The topological polar surface area (TPSA) is 56.9 Å². The summed E-state index contributed by atoms with van der Waals surface area (Å²) < 4.78 is 16.9. The third-order valence-corrected chi connectivity index (χ3v) is 4.45. The van der Waals surface area contributed by atoms with Crippen molar-refractivity contribution in [3.63, 3.8) is 0 Å². The van der Waals surface area contributed by atoms with E-state index in [1.807, 2.05) is 61.5 Å². The van der Waals surface area contributed by atoms with Gasteiger partial charge in [0.05, 0.1) is 19.6 Å². The van der Waals surface area contributed by atoms with Crippen molar-refractivity contribution in [2.75, 3.05) is 14.2 Å². The van der Waals surface area contributed by atoms with E-state index >= 15 is 0 Å². The molecule has 2 heterocycles. The van der Waals surface area contributed by atoms with Gasteiger partial charge in [0.25, 0.3) is 0 Å². The molecule has 4 rings (SSSR count). The minimum atomic E-state index is 0.641. The van der Waals surface area contributed by atoms with Gasteiger partial charge in [-0.3, -0.25) is 0 Å². The van der Waals surface area contributed by atoms with Crippen molar-refractivity contribution in [3.8, 4) is 22.8 Å². The molecule has 140 valence electrons. The predicted octanol–water partition coefficient (Wildman–Crippen LogP) is 5.05. The van der Waals surface area contributed by atoms with Crippen molar-refractivity contribution in [1.82, 2.24) is 4.98 Å². The lowest BCUT2D eigenvalue weighted by molar-refractivity contribution is 0.355. The normalized spacial score (nSPS) is 11.6. The summed E-state index contributed by atoms with van der Waals surface area (Å²) in [5, 5.41) is 1.74. The second-order valence-electron chi connectivity index (χ2n) is 6.37. The van der Waals surface area contributed by atoms with Crippen molar-refractivity contribution in [3.05, 3.63) is 77.8 Å². The number of aromatic nitrogens is 1. The highest BCUT2D eigenvalue weighted by Gasteiger charge is 2.10. The van der Waals surface area contributed by atoms with Crippen molar-refractivity contribution < 1.29 is 13.9 Å². The number of nitrogens with zero attached hydrogens (tertiary/aromatic N) is 2. The van der Waals surface area contributed by atoms with Gasteiger partial charge in [0.2, 0.25) is 0 Å². The van der Waals surface area contributed by atoms with E-state index in [2.05, 4.69) is 11.1 Å². The van der Waals surface area contributed by atoms with Gasteiger partial charge in [0.15, 0.2) is 17.3 Å². The van der Waals surface area contributed by atoms with E-state index < -0.39 is 0 Å². The Morgan fingerprint density at radius 1 is 0.893 bits per heavy atom. The molecule has 4 aromatic rings. The number of rotatable bonds is 4. The Morgan fingerprint density at radius 3 is 2.50 bits per heavy atom. The summed E-state index contributed by atoms with van der Waals surface area (Å²) >= 11 is 0. The number of ether oxygens (including phenoxy) is 2. The molecule has 2 aromatic heterocycles. The number of methoxy groups -OCH3 is 2. The summed E-state index contributed by atoms with van der Waals surface area (Å²) in [7, 11) is 3.23. The maximum Gasteiger partial charge on any atom is 0.161 e. The molecule has 0 aliphatic rings. The van der Waals surface area contributed by atoms with Gasteiger partial charge >= 0.3 is 0 Å². The van der Waals surface area contributed by atoms with E-state index in [4.69, 9.17) is 18.9 Å². The first kappa shape index (κ1) is 17.8. The van der Waals surface area contributed by atoms with Crippen LogP contribution < -0.4 is 14.8 Å². The van der Waals surface area contributed by atoms with Gasteiger partial charge in [-0.2, -0.15) is 0 Å². The van der Waals surface area contributed by atoms with E-state index in [0.717, 1.165) is 27.5 Å². The smallest absolute Gasteiger partial charge is 0.161 e. The molecule has 0 amide bonds. The molecule has 0 bridgehead atoms. The molecular formula is C23H20N2O3. The third kappa shape index (κ3) is 3.47. The Kier molecular flexibility index (Phi) is 4.81. The van der Waals surface area contributed by atoms with Crippen LogP contribution in [-0.2, 0) is 0 Å². The largest absolute Gasteiger partial charge is 0.493 e. The number of hydrogen-bond acceptors (Lipinski definition) is 5. The van der Waals surface area contributed by atoms with Gasteiger partial charge in [-0.25, -0.2) is 9.98 Å². The van der Waals surface area contributed by atoms with Crippen molar-refractivity contribution in [1.29, 1.82) is 0 Å². The lowest BCUT2D eigenvalue weighted by Crippen LogP contribution is -2.04. The van der Waals surface area contributed by atoms with Gasteiger partial charge in [-0.05, 0) is 49.4 Å². The maximum absolute atomic E-state index is 6.18. The number of pyridine rings is 1. The van der Waals surface area contributed by atoms with E-state index in [-0.39, 0.29) is 0 Å². The van der Waals surface area contributed by atoms with Crippen LogP contribution in [0.4, 0.5) is 5.82 Å². The number of benzene rings is 2. The molecule has 0 fully saturated rings. The van der Waals surface area contributed by atoms with E-state index in [1.54, 1.807) is 20.4 Å². The fourth-order valence-corrected chi connectivity index (χ4v) is 3.05. The summed E-state index contributed by atoms with van der Waals surface area (Å²) in [5.41, 5.74) is 2.77. The van der Waals surface area contributed by atoms with Crippen LogP contribution in [0.1, 0.15) is 5.56 Å². The molecule has 0 saturated carbocycles. The van der Waals surface area contributed by atoms with Crippen LogP contribution in [0, 0.1) is 6.92 Å². The average molecular weight is 372 g/mol. The molecule has 0 aliphatic heterocycles. The highest BCUT2D eigenvalue weighted by molar-refractivity contribution is 5.79. The van der Waals surface area contributed by atoms with E-state index in [0.29, 0.717) is 23.1 Å². The Hall–Kier alpha value is -3.60. The Labute approximate surface area is 162 Å². The molecule has 5 heteroatoms. The summed E-state index contributed by atoms with van der Waals surface area (Å²) in [6.45, 7) is 2.05.